The zero-order valence-corrected chi connectivity index (χ0v) is 12.3. The minimum Gasteiger partial charge on any atom is -0.264 e. The molecule has 0 amide bonds. The summed E-state index contributed by atoms with van der Waals surface area (Å²) in [6.07, 6.45) is 0. The summed E-state index contributed by atoms with van der Waals surface area (Å²) in [5.41, 5.74) is 1.78. The molecule has 15 heavy (non-hydrogen) atoms. The van der Waals surface area contributed by atoms with Crippen molar-refractivity contribution in [1.82, 2.24) is 0 Å². The standard InChI is InChI=1S/C11H10Br2ClN/c1-10(2)11(12,13)8-6-4-3-5-7(8)9(14)15-10/h3-6H,1-2H3. The van der Waals surface area contributed by atoms with Crippen molar-refractivity contribution in [3.63, 3.8) is 0 Å². The van der Waals surface area contributed by atoms with Gasteiger partial charge in [0.2, 0.25) is 0 Å². The summed E-state index contributed by atoms with van der Waals surface area (Å²) in [6, 6.07) is 8.00. The Hall–Kier alpha value is 0.140. The minimum atomic E-state index is -0.359. The first-order chi connectivity index (χ1) is 6.86. The summed E-state index contributed by atoms with van der Waals surface area (Å²) in [5, 5.41) is 0.574. The van der Waals surface area contributed by atoms with Crippen molar-refractivity contribution >= 4 is 48.6 Å². The molecular weight excluding hydrogens is 341 g/mol. The van der Waals surface area contributed by atoms with Crippen molar-refractivity contribution < 1.29 is 0 Å². The average Bonchev–Trinajstić information content (AvgIpc) is 2.15. The Labute approximate surface area is 111 Å². The Morgan fingerprint density at radius 3 is 2.47 bits per heavy atom. The third-order valence-corrected chi connectivity index (χ3v) is 5.72. The summed E-state index contributed by atoms with van der Waals surface area (Å²) in [4.78, 5) is 4.50. The summed E-state index contributed by atoms with van der Waals surface area (Å²) >= 11 is 13.5. The van der Waals surface area contributed by atoms with Crippen molar-refractivity contribution in [2.75, 3.05) is 0 Å². The molecule has 1 heterocycles. The number of fused-ring (bicyclic) bond motifs is 1. The van der Waals surface area contributed by atoms with Gasteiger partial charge in [-0.25, -0.2) is 0 Å². The van der Waals surface area contributed by atoms with Gasteiger partial charge in [0.05, 0.1) is 5.54 Å². The monoisotopic (exact) mass is 349 g/mol. The summed E-state index contributed by atoms with van der Waals surface area (Å²) in [6.45, 7) is 4.07. The molecule has 0 fully saturated rings. The molecule has 80 valence electrons. The van der Waals surface area contributed by atoms with E-state index in [-0.39, 0.29) is 8.77 Å². The number of nitrogens with zero attached hydrogens (tertiary/aromatic N) is 1. The van der Waals surface area contributed by atoms with E-state index in [1.807, 2.05) is 32.0 Å². The lowest BCUT2D eigenvalue weighted by atomic mass is 9.89. The third-order valence-electron chi connectivity index (χ3n) is 2.63. The molecule has 1 aliphatic heterocycles. The quantitative estimate of drug-likeness (QED) is 0.614. The van der Waals surface area contributed by atoms with E-state index in [9.17, 15) is 0 Å². The van der Waals surface area contributed by atoms with Crippen molar-refractivity contribution in [1.29, 1.82) is 0 Å². The van der Waals surface area contributed by atoms with Crippen LogP contribution < -0.4 is 0 Å². The smallest absolute Gasteiger partial charge is 0.131 e. The lowest BCUT2D eigenvalue weighted by Gasteiger charge is -2.39. The Morgan fingerprint density at radius 2 is 1.80 bits per heavy atom. The topological polar surface area (TPSA) is 12.4 Å². The highest BCUT2D eigenvalue weighted by atomic mass is 79.9. The molecule has 0 unspecified atom stereocenters. The Balaban J connectivity index is 2.73. The van der Waals surface area contributed by atoms with Crippen LogP contribution in [-0.4, -0.2) is 10.7 Å². The van der Waals surface area contributed by atoms with E-state index in [1.165, 1.54) is 0 Å². The molecule has 0 radical (unpaired) electrons. The zero-order chi connectivity index (χ0) is 11.3. The van der Waals surface area contributed by atoms with Crippen LogP contribution in [0, 0.1) is 0 Å². The van der Waals surface area contributed by atoms with E-state index in [2.05, 4.69) is 42.9 Å². The minimum absolute atomic E-state index is 0.321. The van der Waals surface area contributed by atoms with E-state index in [0.717, 1.165) is 11.1 Å². The first-order valence-corrected chi connectivity index (χ1v) is 6.56. The first kappa shape index (κ1) is 11.6. The van der Waals surface area contributed by atoms with Gasteiger partial charge in [-0.2, -0.15) is 0 Å². The second-order valence-corrected chi connectivity index (χ2v) is 7.88. The molecule has 0 spiro atoms. The molecule has 0 aromatic heterocycles. The molecule has 0 atom stereocenters. The Bertz CT molecular complexity index is 438. The third kappa shape index (κ3) is 1.69. The fraction of sp³-hybridized carbons (Fsp3) is 0.364. The number of benzene rings is 1. The molecule has 0 N–H and O–H groups in total. The Kier molecular flexibility index (Phi) is 2.77. The second-order valence-electron chi connectivity index (χ2n) is 4.08. The predicted octanol–water partition coefficient (Wildman–Crippen LogP) is 4.41. The maximum Gasteiger partial charge on any atom is 0.131 e. The van der Waals surface area contributed by atoms with E-state index in [4.69, 9.17) is 11.6 Å². The molecule has 0 aliphatic carbocycles. The van der Waals surface area contributed by atoms with Crippen molar-refractivity contribution in [2.45, 2.75) is 22.6 Å². The highest BCUT2D eigenvalue weighted by Crippen LogP contribution is 2.52. The highest BCUT2D eigenvalue weighted by molar-refractivity contribution is 9.24. The average molecular weight is 351 g/mol. The molecule has 1 aromatic rings. The van der Waals surface area contributed by atoms with Crippen LogP contribution >= 0.6 is 43.5 Å². The van der Waals surface area contributed by atoms with Crippen LogP contribution in [-0.2, 0) is 3.23 Å². The van der Waals surface area contributed by atoms with Gasteiger partial charge in [-0.15, -0.1) is 0 Å². The molecule has 4 heteroatoms. The van der Waals surface area contributed by atoms with Gasteiger partial charge in [0, 0.05) is 5.56 Å². The molecule has 2 rings (SSSR count). The number of hydrogen-bond donors (Lipinski definition) is 0. The lowest BCUT2D eigenvalue weighted by Crippen LogP contribution is -2.40. The number of halogens is 3. The fourth-order valence-corrected chi connectivity index (χ4v) is 2.89. The fourth-order valence-electron chi connectivity index (χ4n) is 1.64. The van der Waals surface area contributed by atoms with Crippen molar-refractivity contribution in [3.05, 3.63) is 35.4 Å². The van der Waals surface area contributed by atoms with Crippen LogP contribution in [0.25, 0.3) is 0 Å². The number of rotatable bonds is 0. The molecule has 1 nitrogen and oxygen atoms in total. The van der Waals surface area contributed by atoms with E-state index >= 15 is 0 Å². The lowest BCUT2D eigenvalue weighted by molar-refractivity contribution is 0.487. The number of aliphatic imine (C=N–C) groups is 1. The van der Waals surface area contributed by atoms with E-state index in [1.54, 1.807) is 0 Å². The first-order valence-electron chi connectivity index (χ1n) is 4.59. The van der Waals surface area contributed by atoms with Crippen LogP contribution in [0.15, 0.2) is 29.3 Å². The largest absolute Gasteiger partial charge is 0.264 e. The van der Waals surface area contributed by atoms with Crippen LogP contribution in [0.5, 0.6) is 0 Å². The van der Waals surface area contributed by atoms with Crippen molar-refractivity contribution in [2.24, 2.45) is 4.99 Å². The number of alkyl halides is 2. The van der Waals surface area contributed by atoms with E-state index in [0.29, 0.717) is 5.17 Å². The van der Waals surface area contributed by atoms with Gasteiger partial charge < -0.3 is 0 Å². The molecule has 0 bridgehead atoms. The summed E-state index contributed by atoms with van der Waals surface area (Å²) < 4.78 is -0.359. The Morgan fingerprint density at radius 1 is 1.20 bits per heavy atom. The van der Waals surface area contributed by atoms with Gasteiger partial charge in [0.15, 0.2) is 0 Å². The van der Waals surface area contributed by atoms with Gasteiger partial charge in [0.25, 0.3) is 0 Å². The highest BCUT2D eigenvalue weighted by Gasteiger charge is 2.46. The number of hydrogen-bond acceptors (Lipinski definition) is 1. The van der Waals surface area contributed by atoms with Crippen LogP contribution in [0.3, 0.4) is 0 Å². The van der Waals surface area contributed by atoms with Crippen LogP contribution in [0.4, 0.5) is 0 Å². The van der Waals surface area contributed by atoms with Gasteiger partial charge >= 0.3 is 0 Å². The molecule has 0 saturated carbocycles. The van der Waals surface area contributed by atoms with Crippen LogP contribution in [0.1, 0.15) is 25.0 Å². The SMILES string of the molecule is CC1(C)N=C(Cl)c2ccccc2C1(Br)Br. The molecular formula is C11H10Br2ClN. The maximum atomic E-state index is 6.17. The van der Waals surface area contributed by atoms with Crippen LogP contribution in [0.2, 0.25) is 0 Å². The van der Waals surface area contributed by atoms with Gasteiger partial charge in [0.1, 0.15) is 8.40 Å². The maximum absolute atomic E-state index is 6.17. The summed E-state index contributed by atoms with van der Waals surface area (Å²) in [5.74, 6) is 0. The molecule has 1 aliphatic rings. The second kappa shape index (κ2) is 3.57. The molecule has 0 saturated heterocycles. The van der Waals surface area contributed by atoms with Crippen molar-refractivity contribution in [3.8, 4) is 0 Å². The van der Waals surface area contributed by atoms with Gasteiger partial charge in [-0.05, 0) is 19.4 Å². The van der Waals surface area contributed by atoms with E-state index < -0.39 is 0 Å². The normalized spacial score (nSPS) is 21.8. The molecule has 1 aromatic carbocycles. The predicted molar refractivity (Wildman–Crippen MR) is 72.4 cm³/mol. The summed E-state index contributed by atoms with van der Waals surface area (Å²) in [7, 11) is 0. The zero-order valence-electron chi connectivity index (χ0n) is 8.39. The van der Waals surface area contributed by atoms with Gasteiger partial charge in [-0.3, -0.25) is 4.99 Å². The van der Waals surface area contributed by atoms with Gasteiger partial charge in [-0.1, -0.05) is 67.7 Å².